The van der Waals surface area contributed by atoms with Crippen molar-refractivity contribution in [1.82, 2.24) is 4.90 Å². The maximum absolute atomic E-state index is 12.1. The predicted octanol–water partition coefficient (Wildman–Crippen LogP) is 3.79. The standard InChI is InChI=1S/C16H23ClN2O2/c1-12-11-18(15(20)21-16(2,3)4)8-9-19(12)14-7-5-6-13(17)10-14/h5-7,10,12H,8-9,11H2,1-4H3/t12-/m0/s1. The zero-order valence-electron chi connectivity index (χ0n) is 13.1. The van der Waals surface area contributed by atoms with Gasteiger partial charge < -0.3 is 14.5 Å². The second kappa shape index (κ2) is 6.14. The number of carbonyl (C=O) groups excluding carboxylic acids is 1. The van der Waals surface area contributed by atoms with Gasteiger partial charge in [-0.3, -0.25) is 0 Å². The van der Waals surface area contributed by atoms with E-state index in [1.54, 1.807) is 4.90 Å². The number of hydrogen-bond donors (Lipinski definition) is 0. The van der Waals surface area contributed by atoms with Crippen LogP contribution in [0.25, 0.3) is 0 Å². The van der Waals surface area contributed by atoms with E-state index >= 15 is 0 Å². The number of rotatable bonds is 1. The lowest BCUT2D eigenvalue weighted by Gasteiger charge is -2.41. The number of nitrogens with zero attached hydrogens (tertiary/aromatic N) is 2. The second-order valence-electron chi connectivity index (χ2n) is 6.45. The molecule has 0 aliphatic carbocycles. The Hall–Kier alpha value is -1.42. The van der Waals surface area contributed by atoms with Crippen LogP contribution in [0.2, 0.25) is 5.02 Å². The molecule has 2 rings (SSSR count). The summed E-state index contributed by atoms with van der Waals surface area (Å²) in [6, 6.07) is 8.05. The molecule has 1 aromatic carbocycles. The Kier molecular flexibility index (Phi) is 4.67. The van der Waals surface area contributed by atoms with Crippen molar-refractivity contribution in [2.75, 3.05) is 24.5 Å². The first-order valence-corrected chi connectivity index (χ1v) is 7.64. The van der Waals surface area contributed by atoms with E-state index in [0.717, 1.165) is 17.3 Å². The smallest absolute Gasteiger partial charge is 0.410 e. The van der Waals surface area contributed by atoms with Gasteiger partial charge in [0.15, 0.2) is 0 Å². The molecule has 1 aliphatic rings. The number of carbonyl (C=O) groups is 1. The van der Waals surface area contributed by atoms with Crippen LogP contribution in [-0.4, -0.2) is 42.3 Å². The molecule has 4 nitrogen and oxygen atoms in total. The van der Waals surface area contributed by atoms with E-state index in [0.29, 0.717) is 13.1 Å². The highest BCUT2D eigenvalue weighted by molar-refractivity contribution is 6.30. The van der Waals surface area contributed by atoms with Crippen LogP contribution in [0.1, 0.15) is 27.7 Å². The van der Waals surface area contributed by atoms with Gasteiger partial charge in [-0.25, -0.2) is 4.79 Å². The number of hydrogen-bond acceptors (Lipinski definition) is 3. The van der Waals surface area contributed by atoms with Crippen LogP contribution in [0.4, 0.5) is 10.5 Å². The molecule has 1 aliphatic heterocycles. The van der Waals surface area contributed by atoms with Gasteiger partial charge in [-0.1, -0.05) is 17.7 Å². The van der Waals surface area contributed by atoms with Crippen molar-refractivity contribution in [1.29, 1.82) is 0 Å². The fourth-order valence-electron chi connectivity index (χ4n) is 2.49. The maximum atomic E-state index is 12.1. The molecule has 0 N–H and O–H groups in total. The number of halogens is 1. The number of ether oxygens (including phenoxy) is 1. The minimum Gasteiger partial charge on any atom is -0.444 e. The predicted molar refractivity (Wildman–Crippen MR) is 86.1 cm³/mol. The van der Waals surface area contributed by atoms with E-state index in [1.807, 2.05) is 45.0 Å². The van der Waals surface area contributed by atoms with Crippen molar-refractivity contribution in [3.8, 4) is 0 Å². The van der Waals surface area contributed by atoms with Crippen molar-refractivity contribution in [3.63, 3.8) is 0 Å². The summed E-state index contributed by atoms with van der Waals surface area (Å²) < 4.78 is 5.43. The highest BCUT2D eigenvalue weighted by Crippen LogP contribution is 2.24. The minimum atomic E-state index is -0.454. The van der Waals surface area contributed by atoms with Gasteiger partial charge in [0.1, 0.15) is 5.60 Å². The summed E-state index contributed by atoms with van der Waals surface area (Å²) in [6.07, 6.45) is -0.236. The van der Waals surface area contributed by atoms with Gasteiger partial charge in [-0.05, 0) is 45.9 Å². The Bertz CT molecular complexity index is 513. The normalized spacial score (nSPS) is 19.6. The summed E-state index contributed by atoms with van der Waals surface area (Å²) >= 11 is 6.05. The van der Waals surface area contributed by atoms with Crippen LogP contribution in [0, 0.1) is 0 Å². The molecule has 1 fully saturated rings. The lowest BCUT2D eigenvalue weighted by molar-refractivity contribution is 0.0219. The van der Waals surface area contributed by atoms with Crippen LogP contribution < -0.4 is 4.90 Å². The van der Waals surface area contributed by atoms with Gasteiger partial charge >= 0.3 is 6.09 Å². The van der Waals surface area contributed by atoms with Crippen molar-refractivity contribution in [2.24, 2.45) is 0 Å². The summed E-state index contributed by atoms with van der Waals surface area (Å²) in [6.45, 7) is 9.86. The Morgan fingerprint density at radius 1 is 1.33 bits per heavy atom. The summed E-state index contributed by atoms with van der Waals surface area (Å²) in [5.41, 5.74) is 0.642. The van der Waals surface area contributed by atoms with E-state index in [2.05, 4.69) is 11.8 Å². The number of anilines is 1. The molecule has 0 radical (unpaired) electrons. The average Bonchev–Trinajstić information content (AvgIpc) is 2.36. The zero-order chi connectivity index (χ0) is 15.6. The van der Waals surface area contributed by atoms with E-state index < -0.39 is 5.60 Å². The molecule has 0 bridgehead atoms. The quantitative estimate of drug-likeness (QED) is 0.791. The molecule has 1 saturated heterocycles. The first-order valence-electron chi connectivity index (χ1n) is 7.26. The summed E-state index contributed by atoms with van der Waals surface area (Å²) in [4.78, 5) is 16.2. The number of amides is 1. The minimum absolute atomic E-state index is 0.227. The van der Waals surface area contributed by atoms with Crippen molar-refractivity contribution in [2.45, 2.75) is 39.3 Å². The molecule has 0 unspecified atom stereocenters. The van der Waals surface area contributed by atoms with Gasteiger partial charge in [0.2, 0.25) is 0 Å². The Labute approximate surface area is 131 Å². The zero-order valence-corrected chi connectivity index (χ0v) is 13.9. The van der Waals surface area contributed by atoms with Crippen LogP contribution in [0.15, 0.2) is 24.3 Å². The molecule has 21 heavy (non-hydrogen) atoms. The molecule has 0 spiro atoms. The second-order valence-corrected chi connectivity index (χ2v) is 6.89. The third-order valence-corrected chi connectivity index (χ3v) is 3.65. The van der Waals surface area contributed by atoms with Crippen LogP contribution >= 0.6 is 11.6 Å². The van der Waals surface area contributed by atoms with E-state index in [9.17, 15) is 4.79 Å². The topological polar surface area (TPSA) is 32.8 Å². The average molecular weight is 311 g/mol. The van der Waals surface area contributed by atoms with E-state index in [-0.39, 0.29) is 12.1 Å². The Balaban J connectivity index is 2.01. The molecular weight excluding hydrogens is 288 g/mol. The molecule has 116 valence electrons. The van der Waals surface area contributed by atoms with Crippen LogP contribution in [0.5, 0.6) is 0 Å². The highest BCUT2D eigenvalue weighted by atomic mass is 35.5. The van der Waals surface area contributed by atoms with Gasteiger partial charge in [0, 0.05) is 36.4 Å². The monoisotopic (exact) mass is 310 g/mol. The SMILES string of the molecule is C[C@H]1CN(C(=O)OC(C)(C)C)CCN1c1cccc(Cl)c1. The summed E-state index contributed by atoms with van der Waals surface area (Å²) in [7, 11) is 0. The molecule has 0 aromatic heterocycles. The molecule has 1 amide bonds. The van der Waals surface area contributed by atoms with Crippen LogP contribution in [0.3, 0.4) is 0 Å². The molecule has 1 aromatic rings. The van der Waals surface area contributed by atoms with E-state index in [1.165, 1.54) is 0 Å². The lowest BCUT2D eigenvalue weighted by Crippen LogP contribution is -2.54. The van der Waals surface area contributed by atoms with Crippen LogP contribution in [-0.2, 0) is 4.74 Å². The van der Waals surface area contributed by atoms with Crippen molar-refractivity contribution < 1.29 is 9.53 Å². The fraction of sp³-hybridized carbons (Fsp3) is 0.562. The maximum Gasteiger partial charge on any atom is 0.410 e. The lowest BCUT2D eigenvalue weighted by atomic mass is 10.1. The third-order valence-electron chi connectivity index (χ3n) is 3.42. The number of benzene rings is 1. The first kappa shape index (κ1) is 16.0. The Morgan fingerprint density at radius 3 is 2.62 bits per heavy atom. The summed E-state index contributed by atoms with van der Waals surface area (Å²) in [5, 5.41) is 0.731. The Morgan fingerprint density at radius 2 is 2.05 bits per heavy atom. The van der Waals surface area contributed by atoms with Gasteiger partial charge in [0.25, 0.3) is 0 Å². The van der Waals surface area contributed by atoms with Gasteiger partial charge in [-0.2, -0.15) is 0 Å². The fourth-order valence-corrected chi connectivity index (χ4v) is 2.67. The number of piperazine rings is 1. The van der Waals surface area contributed by atoms with E-state index in [4.69, 9.17) is 16.3 Å². The molecule has 1 atom stereocenters. The van der Waals surface area contributed by atoms with Gasteiger partial charge in [-0.15, -0.1) is 0 Å². The highest BCUT2D eigenvalue weighted by Gasteiger charge is 2.29. The van der Waals surface area contributed by atoms with Crippen molar-refractivity contribution >= 4 is 23.4 Å². The largest absolute Gasteiger partial charge is 0.444 e. The van der Waals surface area contributed by atoms with Crippen molar-refractivity contribution in [3.05, 3.63) is 29.3 Å². The third kappa shape index (κ3) is 4.27. The molecular formula is C16H23ClN2O2. The summed E-state index contributed by atoms with van der Waals surface area (Å²) in [5.74, 6) is 0. The first-order chi connectivity index (χ1) is 9.76. The molecule has 0 saturated carbocycles. The molecule has 5 heteroatoms. The molecule has 1 heterocycles. The van der Waals surface area contributed by atoms with Gasteiger partial charge in [0.05, 0.1) is 0 Å².